The summed E-state index contributed by atoms with van der Waals surface area (Å²) >= 11 is 1.63. The molecule has 5 heteroatoms. The molecule has 0 spiro atoms. The average Bonchev–Trinajstić information content (AvgIpc) is 3.16. The van der Waals surface area contributed by atoms with Crippen molar-refractivity contribution in [2.24, 2.45) is 0 Å². The maximum Gasteiger partial charge on any atom is 0.191 e. The summed E-state index contributed by atoms with van der Waals surface area (Å²) in [7, 11) is 0. The Kier molecular flexibility index (Phi) is 3.78. The molecule has 0 N–H and O–H groups in total. The topological polar surface area (TPSA) is 30.7 Å². The molecule has 0 amide bonds. The highest BCUT2D eigenvalue weighted by atomic mass is 32.2. The first-order chi connectivity index (χ1) is 9.65. The molecule has 1 aromatic heterocycles. The van der Waals surface area contributed by atoms with Crippen LogP contribution in [-0.2, 0) is 5.75 Å². The lowest BCUT2D eigenvalue weighted by molar-refractivity contribution is 0.526. The fourth-order valence-electron chi connectivity index (χ4n) is 2.27. The van der Waals surface area contributed by atoms with Crippen LogP contribution in [0.25, 0.3) is 0 Å². The number of benzene rings is 1. The lowest BCUT2D eigenvalue weighted by Crippen LogP contribution is -2.07. The summed E-state index contributed by atoms with van der Waals surface area (Å²) < 4.78 is 15.4. The fraction of sp³-hybridized carbons (Fsp3) is 0.467. The van der Waals surface area contributed by atoms with Crippen molar-refractivity contribution in [3.63, 3.8) is 0 Å². The molecule has 1 heterocycles. The van der Waals surface area contributed by atoms with Crippen LogP contribution in [0.1, 0.15) is 50.0 Å². The van der Waals surface area contributed by atoms with E-state index in [1.807, 2.05) is 6.07 Å². The fourth-order valence-corrected chi connectivity index (χ4v) is 3.28. The van der Waals surface area contributed by atoms with E-state index in [9.17, 15) is 4.39 Å². The van der Waals surface area contributed by atoms with Crippen molar-refractivity contribution in [3.8, 4) is 0 Å². The molecule has 0 bridgehead atoms. The van der Waals surface area contributed by atoms with Crippen LogP contribution in [0.3, 0.4) is 0 Å². The SMILES string of the molecule is CC(C)n1c(SCc2cccc(F)c2)nnc1C1CC1. The Labute approximate surface area is 122 Å². The standard InChI is InChI=1S/C15H18FN3S/c1-10(2)19-14(12-6-7-12)17-18-15(19)20-9-11-4-3-5-13(16)8-11/h3-5,8,10,12H,6-7,9H2,1-2H3. The van der Waals surface area contributed by atoms with Crippen LogP contribution in [-0.4, -0.2) is 14.8 Å². The van der Waals surface area contributed by atoms with E-state index in [1.165, 1.54) is 18.9 Å². The zero-order valence-corrected chi connectivity index (χ0v) is 12.5. The lowest BCUT2D eigenvalue weighted by atomic mass is 10.2. The van der Waals surface area contributed by atoms with Crippen LogP contribution >= 0.6 is 11.8 Å². The Bertz CT molecular complexity index is 605. The van der Waals surface area contributed by atoms with Crippen LogP contribution in [0.15, 0.2) is 29.4 Å². The Morgan fingerprint density at radius 2 is 2.15 bits per heavy atom. The summed E-state index contributed by atoms with van der Waals surface area (Å²) in [6.07, 6.45) is 2.44. The van der Waals surface area contributed by atoms with E-state index in [-0.39, 0.29) is 5.82 Å². The number of hydrogen-bond acceptors (Lipinski definition) is 3. The monoisotopic (exact) mass is 291 g/mol. The first-order valence-electron chi connectivity index (χ1n) is 6.97. The van der Waals surface area contributed by atoms with Crippen LogP contribution in [0.4, 0.5) is 4.39 Å². The molecule has 0 unspecified atom stereocenters. The quantitative estimate of drug-likeness (QED) is 0.775. The van der Waals surface area contributed by atoms with E-state index in [1.54, 1.807) is 23.9 Å². The van der Waals surface area contributed by atoms with Gasteiger partial charge in [0.1, 0.15) is 11.6 Å². The van der Waals surface area contributed by atoms with Crippen molar-refractivity contribution in [1.29, 1.82) is 0 Å². The van der Waals surface area contributed by atoms with Crippen molar-refractivity contribution < 1.29 is 4.39 Å². The Morgan fingerprint density at radius 3 is 2.80 bits per heavy atom. The predicted octanol–water partition coefficient (Wildman–Crippen LogP) is 4.17. The van der Waals surface area contributed by atoms with Gasteiger partial charge < -0.3 is 4.57 Å². The molecule has 1 saturated carbocycles. The number of rotatable bonds is 5. The van der Waals surface area contributed by atoms with E-state index in [0.29, 0.717) is 17.7 Å². The predicted molar refractivity (Wildman–Crippen MR) is 78.3 cm³/mol. The number of halogens is 1. The molecule has 0 atom stereocenters. The first-order valence-corrected chi connectivity index (χ1v) is 7.95. The van der Waals surface area contributed by atoms with E-state index >= 15 is 0 Å². The van der Waals surface area contributed by atoms with Gasteiger partial charge in [-0.15, -0.1) is 10.2 Å². The van der Waals surface area contributed by atoms with Gasteiger partial charge >= 0.3 is 0 Å². The third-order valence-electron chi connectivity index (χ3n) is 3.41. The molecular formula is C15H18FN3S. The van der Waals surface area contributed by atoms with E-state index < -0.39 is 0 Å². The molecule has 0 saturated heterocycles. The number of aromatic nitrogens is 3. The van der Waals surface area contributed by atoms with Crippen molar-refractivity contribution in [3.05, 3.63) is 41.5 Å². The zero-order valence-electron chi connectivity index (χ0n) is 11.7. The van der Waals surface area contributed by atoms with Crippen LogP contribution in [0, 0.1) is 5.82 Å². The largest absolute Gasteiger partial charge is 0.303 e. The third-order valence-corrected chi connectivity index (χ3v) is 4.42. The highest BCUT2D eigenvalue weighted by molar-refractivity contribution is 7.98. The lowest BCUT2D eigenvalue weighted by Gasteiger charge is -2.13. The van der Waals surface area contributed by atoms with Gasteiger partial charge in [-0.2, -0.15) is 0 Å². The maximum absolute atomic E-state index is 13.2. The average molecular weight is 291 g/mol. The van der Waals surface area contributed by atoms with Gasteiger partial charge in [0, 0.05) is 17.7 Å². The molecule has 1 aliphatic carbocycles. The van der Waals surface area contributed by atoms with Gasteiger partial charge in [-0.05, 0) is 44.4 Å². The molecule has 20 heavy (non-hydrogen) atoms. The molecule has 2 aromatic rings. The van der Waals surface area contributed by atoms with Crippen LogP contribution in [0.2, 0.25) is 0 Å². The minimum atomic E-state index is -0.188. The third kappa shape index (κ3) is 2.87. The minimum absolute atomic E-state index is 0.188. The highest BCUT2D eigenvalue weighted by Crippen LogP contribution is 2.41. The second-order valence-corrected chi connectivity index (χ2v) is 6.44. The summed E-state index contributed by atoms with van der Waals surface area (Å²) in [5, 5.41) is 9.60. The molecule has 1 fully saturated rings. The van der Waals surface area contributed by atoms with Gasteiger partial charge in [-0.3, -0.25) is 0 Å². The Balaban J connectivity index is 1.77. The summed E-state index contributed by atoms with van der Waals surface area (Å²) in [5.41, 5.74) is 0.973. The van der Waals surface area contributed by atoms with Gasteiger partial charge in [0.15, 0.2) is 5.16 Å². The maximum atomic E-state index is 13.2. The second-order valence-electron chi connectivity index (χ2n) is 5.50. The Hall–Kier alpha value is -1.36. The van der Waals surface area contributed by atoms with Crippen molar-refractivity contribution in [2.45, 2.75) is 49.6 Å². The second kappa shape index (κ2) is 5.56. The first kappa shape index (κ1) is 13.6. The molecule has 1 aliphatic rings. The molecule has 3 nitrogen and oxygen atoms in total. The van der Waals surface area contributed by atoms with Crippen LogP contribution in [0.5, 0.6) is 0 Å². The summed E-state index contributed by atoms with van der Waals surface area (Å²) in [4.78, 5) is 0. The van der Waals surface area contributed by atoms with Gasteiger partial charge in [-0.25, -0.2) is 4.39 Å². The van der Waals surface area contributed by atoms with E-state index in [0.717, 1.165) is 16.5 Å². The summed E-state index contributed by atoms with van der Waals surface area (Å²) in [6.45, 7) is 4.31. The van der Waals surface area contributed by atoms with Gasteiger partial charge in [0.25, 0.3) is 0 Å². The molecule has 0 aliphatic heterocycles. The Morgan fingerprint density at radius 1 is 1.35 bits per heavy atom. The van der Waals surface area contributed by atoms with E-state index in [4.69, 9.17) is 0 Å². The van der Waals surface area contributed by atoms with Crippen molar-refractivity contribution in [1.82, 2.24) is 14.8 Å². The normalized spacial score (nSPS) is 15.0. The number of thioether (sulfide) groups is 1. The van der Waals surface area contributed by atoms with Crippen molar-refractivity contribution in [2.75, 3.05) is 0 Å². The molecular weight excluding hydrogens is 273 g/mol. The summed E-state index contributed by atoms with van der Waals surface area (Å²) in [6, 6.07) is 7.08. The molecule has 1 aromatic carbocycles. The number of nitrogens with zero attached hydrogens (tertiary/aromatic N) is 3. The van der Waals surface area contributed by atoms with Gasteiger partial charge in [0.2, 0.25) is 0 Å². The summed E-state index contributed by atoms with van der Waals surface area (Å²) in [5.74, 6) is 2.23. The highest BCUT2D eigenvalue weighted by Gasteiger charge is 2.31. The zero-order chi connectivity index (χ0) is 14.1. The molecule has 106 valence electrons. The van der Waals surface area contributed by atoms with Crippen molar-refractivity contribution >= 4 is 11.8 Å². The van der Waals surface area contributed by atoms with E-state index in [2.05, 4.69) is 28.6 Å². The number of hydrogen-bond donors (Lipinski definition) is 0. The van der Waals surface area contributed by atoms with Gasteiger partial charge in [0.05, 0.1) is 0 Å². The van der Waals surface area contributed by atoms with Gasteiger partial charge in [-0.1, -0.05) is 23.9 Å². The minimum Gasteiger partial charge on any atom is -0.303 e. The molecule has 0 radical (unpaired) electrons. The van der Waals surface area contributed by atoms with Crippen LogP contribution < -0.4 is 0 Å². The smallest absolute Gasteiger partial charge is 0.191 e. The molecule has 3 rings (SSSR count).